The maximum atomic E-state index is 12.4. The van der Waals surface area contributed by atoms with Gasteiger partial charge in [-0.1, -0.05) is 19.3 Å². The van der Waals surface area contributed by atoms with E-state index in [-0.39, 0.29) is 12.0 Å². The quantitative estimate of drug-likeness (QED) is 0.895. The lowest BCUT2D eigenvalue weighted by atomic mass is 9.74. The normalized spacial score (nSPS) is 18.8. The van der Waals surface area contributed by atoms with Crippen molar-refractivity contribution >= 4 is 5.82 Å². The molecule has 2 rings (SSSR count). The number of aliphatic hydroxyl groups is 1. The van der Waals surface area contributed by atoms with Crippen LogP contribution in [0.3, 0.4) is 0 Å². The van der Waals surface area contributed by atoms with Crippen molar-refractivity contribution in [3.8, 4) is 0 Å². The lowest BCUT2D eigenvalue weighted by Crippen LogP contribution is -2.35. The van der Waals surface area contributed by atoms with Crippen LogP contribution in [0.5, 0.6) is 0 Å². The first-order chi connectivity index (χ1) is 9.45. The molecule has 1 aliphatic rings. The largest absolute Gasteiger partial charge is 0.435 e. The highest BCUT2D eigenvalue weighted by molar-refractivity contribution is 5.33. The lowest BCUT2D eigenvalue weighted by Gasteiger charge is -2.35. The molecule has 0 aromatic carbocycles. The second kappa shape index (κ2) is 5.95. The predicted molar refractivity (Wildman–Crippen MR) is 68.1 cm³/mol. The summed E-state index contributed by atoms with van der Waals surface area (Å²) in [7, 11) is 0. The summed E-state index contributed by atoms with van der Waals surface area (Å²) in [6.07, 6.45) is 0.681. The second-order valence-electron chi connectivity index (χ2n) is 5.37. The van der Waals surface area contributed by atoms with E-state index in [1.54, 1.807) is 0 Å². The standard InChI is InChI=1S/C13H18F3N3O/c14-13(15,16)10-4-5-11(19-18-10)17-8-12(9-20)6-2-1-3-7-12/h4-5,20H,1-3,6-9H2,(H,17,19). The molecule has 1 fully saturated rings. The number of alkyl halides is 3. The Balaban J connectivity index is 1.96. The molecule has 1 aliphatic carbocycles. The molecule has 4 nitrogen and oxygen atoms in total. The summed E-state index contributed by atoms with van der Waals surface area (Å²) in [6, 6.07) is 2.17. The van der Waals surface area contributed by atoms with Gasteiger partial charge < -0.3 is 10.4 Å². The molecule has 2 N–H and O–H groups in total. The third-order valence-corrected chi connectivity index (χ3v) is 3.85. The molecular formula is C13H18F3N3O. The van der Waals surface area contributed by atoms with E-state index in [4.69, 9.17) is 0 Å². The van der Waals surface area contributed by atoms with Gasteiger partial charge in [-0.15, -0.1) is 10.2 Å². The summed E-state index contributed by atoms with van der Waals surface area (Å²) < 4.78 is 37.1. The lowest BCUT2D eigenvalue weighted by molar-refractivity contribution is -0.141. The Morgan fingerprint density at radius 1 is 1.15 bits per heavy atom. The van der Waals surface area contributed by atoms with Crippen molar-refractivity contribution in [2.45, 2.75) is 38.3 Å². The zero-order valence-electron chi connectivity index (χ0n) is 11.1. The van der Waals surface area contributed by atoms with Gasteiger partial charge in [0.25, 0.3) is 0 Å². The molecule has 0 amide bonds. The SMILES string of the molecule is OCC1(CNc2ccc(C(F)(F)F)nn2)CCCCC1. The number of rotatable bonds is 4. The monoisotopic (exact) mass is 289 g/mol. The summed E-state index contributed by atoms with van der Waals surface area (Å²) in [5.41, 5.74) is -1.19. The van der Waals surface area contributed by atoms with Crippen LogP contribution < -0.4 is 5.32 Å². The number of halogens is 3. The Bertz CT molecular complexity index is 427. The smallest absolute Gasteiger partial charge is 0.396 e. The van der Waals surface area contributed by atoms with Crippen LogP contribution >= 0.6 is 0 Å². The Kier molecular flexibility index (Phi) is 4.47. The highest BCUT2D eigenvalue weighted by Crippen LogP contribution is 2.36. The third-order valence-electron chi connectivity index (χ3n) is 3.85. The van der Waals surface area contributed by atoms with Gasteiger partial charge in [-0.25, -0.2) is 0 Å². The topological polar surface area (TPSA) is 58.0 Å². The van der Waals surface area contributed by atoms with E-state index in [1.165, 1.54) is 12.5 Å². The molecule has 0 radical (unpaired) electrons. The first kappa shape index (κ1) is 15.0. The van der Waals surface area contributed by atoms with Crippen LogP contribution in [-0.2, 0) is 6.18 Å². The number of aromatic nitrogens is 2. The van der Waals surface area contributed by atoms with Gasteiger partial charge in [-0.3, -0.25) is 0 Å². The number of anilines is 1. The molecule has 1 heterocycles. The molecule has 112 valence electrons. The van der Waals surface area contributed by atoms with Crippen LogP contribution in [0.25, 0.3) is 0 Å². The summed E-state index contributed by atoms with van der Waals surface area (Å²) in [5.74, 6) is 0.302. The molecule has 20 heavy (non-hydrogen) atoms. The van der Waals surface area contributed by atoms with Crippen molar-refractivity contribution in [2.75, 3.05) is 18.5 Å². The number of nitrogens with one attached hydrogen (secondary N) is 1. The van der Waals surface area contributed by atoms with E-state index in [0.717, 1.165) is 31.7 Å². The molecule has 0 saturated heterocycles. The van der Waals surface area contributed by atoms with Crippen molar-refractivity contribution < 1.29 is 18.3 Å². The van der Waals surface area contributed by atoms with Gasteiger partial charge in [-0.05, 0) is 25.0 Å². The molecule has 0 atom stereocenters. The fourth-order valence-electron chi connectivity index (χ4n) is 2.55. The minimum absolute atomic E-state index is 0.0774. The van der Waals surface area contributed by atoms with Gasteiger partial charge in [-0.2, -0.15) is 13.2 Å². The highest BCUT2D eigenvalue weighted by atomic mass is 19.4. The molecule has 0 aliphatic heterocycles. The molecule has 7 heteroatoms. The fourth-order valence-corrected chi connectivity index (χ4v) is 2.55. The Morgan fingerprint density at radius 2 is 1.85 bits per heavy atom. The average molecular weight is 289 g/mol. The molecule has 1 saturated carbocycles. The van der Waals surface area contributed by atoms with E-state index in [1.807, 2.05) is 0 Å². The van der Waals surface area contributed by atoms with E-state index in [9.17, 15) is 18.3 Å². The Hall–Kier alpha value is -1.37. The van der Waals surface area contributed by atoms with Gasteiger partial charge >= 0.3 is 6.18 Å². The molecule has 1 aromatic heterocycles. The van der Waals surface area contributed by atoms with Crippen LogP contribution in [0, 0.1) is 5.41 Å². The van der Waals surface area contributed by atoms with E-state index < -0.39 is 11.9 Å². The molecule has 0 bridgehead atoms. The maximum absolute atomic E-state index is 12.4. The number of hydrogen-bond acceptors (Lipinski definition) is 4. The minimum Gasteiger partial charge on any atom is -0.396 e. The highest BCUT2D eigenvalue weighted by Gasteiger charge is 2.33. The summed E-state index contributed by atoms with van der Waals surface area (Å²) >= 11 is 0. The Morgan fingerprint density at radius 3 is 2.35 bits per heavy atom. The van der Waals surface area contributed by atoms with Gasteiger partial charge in [0.05, 0.1) is 6.61 Å². The van der Waals surface area contributed by atoms with E-state index >= 15 is 0 Å². The van der Waals surface area contributed by atoms with Crippen LogP contribution in [0.4, 0.5) is 19.0 Å². The zero-order valence-corrected chi connectivity index (χ0v) is 11.1. The van der Waals surface area contributed by atoms with Crippen LogP contribution in [0.2, 0.25) is 0 Å². The van der Waals surface area contributed by atoms with E-state index in [2.05, 4.69) is 15.5 Å². The molecule has 0 spiro atoms. The Labute approximate surface area is 115 Å². The second-order valence-corrected chi connectivity index (χ2v) is 5.37. The number of nitrogens with zero attached hydrogens (tertiary/aromatic N) is 2. The minimum atomic E-state index is -4.47. The number of aliphatic hydroxyl groups excluding tert-OH is 1. The van der Waals surface area contributed by atoms with Crippen LogP contribution in [-0.4, -0.2) is 28.5 Å². The van der Waals surface area contributed by atoms with E-state index in [0.29, 0.717) is 12.4 Å². The maximum Gasteiger partial charge on any atom is 0.435 e. The van der Waals surface area contributed by atoms with Crippen LogP contribution in [0.1, 0.15) is 37.8 Å². The van der Waals surface area contributed by atoms with Gasteiger partial charge in [0, 0.05) is 12.0 Å². The molecular weight excluding hydrogens is 271 g/mol. The molecule has 1 aromatic rings. The summed E-state index contributed by atoms with van der Waals surface area (Å²) in [5, 5.41) is 19.2. The van der Waals surface area contributed by atoms with Crippen LogP contribution in [0.15, 0.2) is 12.1 Å². The average Bonchev–Trinajstić information content (AvgIpc) is 2.46. The van der Waals surface area contributed by atoms with Crippen molar-refractivity contribution in [3.63, 3.8) is 0 Å². The van der Waals surface area contributed by atoms with Gasteiger partial charge in [0.1, 0.15) is 5.82 Å². The number of hydrogen-bond donors (Lipinski definition) is 2. The van der Waals surface area contributed by atoms with Crippen molar-refractivity contribution in [1.82, 2.24) is 10.2 Å². The van der Waals surface area contributed by atoms with Gasteiger partial charge in [0.15, 0.2) is 5.69 Å². The van der Waals surface area contributed by atoms with Crippen molar-refractivity contribution in [2.24, 2.45) is 5.41 Å². The van der Waals surface area contributed by atoms with Crippen molar-refractivity contribution in [3.05, 3.63) is 17.8 Å². The van der Waals surface area contributed by atoms with Crippen molar-refractivity contribution in [1.29, 1.82) is 0 Å². The summed E-state index contributed by atoms with van der Waals surface area (Å²) in [6.45, 7) is 0.581. The first-order valence-corrected chi connectivity index (χ1v) is 6.71. The predicted octanol–water partition coefficient (Wildman–Crippen LogP) is 2.85. The molecule has 0 unspecified atom stereocenters. The zero-order chi connectivity index (χ0) is 14.6. The first-order valence-electron chi connectivity index (χ1n) is 6.71. The van der Waals surface area contributed by atoms with Gasteiger partial charge in [0.2, 0.25) is 0 Å². The fraction of sp³-hybridized carbons (Fsp3) is 0.692. The third kappa shape index (κ3) is 3.59. The summed E-state index contributed by atoms with van der Waals surface area (Å²) in [4.78, 5) is 0.